The van der Waals surface area contributed by atoms with E-state index in [1.165, 1.54) is 4.57 Å². The van der Waals surface area contributed by atoms with Crippen molar-refractivity contribution in [2.24, 2.45) is 4.99 Å². The number of benzene rings is 3. The van der Waals surface area contributed by atoms with Gasteiger partial charge in [0, 0.05) is 16.8 Å². The summed E-state index contributed by atoms with van der Waals surface area (Å²) >= 11 is 1.06. The van der Waals surface area contributed by atoms with Crippen LogP contribution in [0, 0.1) is 0 Å². The molecule has 29 heavy (non-hydrogen) atoms. The van der Waals surface area contributed by atoms with Crippen LogP contribution in [0.15, 0.2) is 76.5 Å². The molecule has 2 heterocycles. The molecule has 0 amide bonds. The van der Waals surface area contributed by atoms with E-state index in [9.17, 15) is 9.90 Å². The number of fused-ring (bicyclic) bond motifs is 2. The van der Waals surface area contributed by atoms with Crippen LogP contribution in [0.3, 0.4) is 0 Å². The predicted molar refractivity (Wildman–Crippen MR) is 120 cm³/mol. The first kappa shape index (κ1) is 17.6. The van der Waals surface area contributed by atoms with E-state index >= 15 is 0 Å². The highest BCUT2D eigenvalue weighted by atomic mass is 32.1. The number of aliphatic imine (C=N–C) groups is 1. The van der Waals surface area contributed by atoms with Crippen molar-refractivity contribution < 1.29 is 5.11 Å². The number of hydrogen-bond donors (Lipinski definition) is 1. The second kappa shape index (κ2) is 6.87. The first-order valence-corrected chi connectivity index (χ1v) is 10.2. The molecule has 142 valence electrons. The Labute approximate surface area is 171 Å². The quantitative estimate of drug-likeness (QED) is 0.498. The molecule has 0 atom stereocenters. The van der Waals surface area contributed by atoms with E-state index in [1.807, 2.05) is 79.7 Å². The van der Waals surface area contributed by atoms with Crippen LogP contribution in [-0.2, 0) is 6.54 Å². The van der Waals surface area contributed by atoms with Crippen LogP contribution < -0.4 is 4.87 Å². The van der Waals surface area contributed by atoms with Crippen molar-refractivity contribution in [1.29, 1.82) is 0 Å². The summed E-state index contributed by atoms with van der Waals surface area (Å²) in [5.41, 5.74) is 4.76. The minimum Gasteiger partial charge on any atom is -0.493 e. The summed E-state index contributed by atoms with van der Waals surface area (Å²) in [7, 11) is 0. The summed E-state index contributed by atoms with van der Waals surface area (Å²) in [5, 5.41) is 13.0. The molecule has 0 aliphatic carbocycles. The Morgan fingerprint density at radius 1 is 1.03 bits per heavy atom. The van der Waals surface area contributed by atoms with Crippen LogP contribution in [-0.4, -0.2) is 15.4 Å². The number of allylic oxidation sites excluding steroid dienone is 1. The fourth-order valence-corrected chi connectivity index (χ4v) is 4.62. The molecule has 3 aromatic carbocycles. The lowest BCUT2D eigenvalue weighted by Crippen LogP contribution is -2.13. The monoisotopic (exact) mass is 398 g/mol. The molecular weight excluding hydrogens is 380 g/mol. The van der Waals surface area contributed by atoms with Gasteiger partial charge in [0.05, 0.1) is 17.1 Å². The normalized spacial score (nSPS) is 14.4. The first-order chi connectivity index (χ1) is 14.1. The highest BCUT2D eigenvalue weighted by Crippen LogP contribution is 2.37. The molecule has 4 aromatic rings. The van der Waals surface area contributed by atoms with Gasteiger partial charge in [-0.3, -0.25) is 14.4 Å². The molecule has 0 bridgehead atoms. The largest absolute Gasteiger partial charge is 0.493 e. The van der Waals surface area contributed by atoms with Gasteiger partial charge in [-0.25, -0.2) is 0 Å². The Morgan fingerprint density at radius 3 is 2.69 bits per heavy atom. The number of nitrogens with zero attached hydrogens (tertiary/aromatic N) is 2. The summed E-state index contributed by atoms with van der Waals surface area (Å²) in [6.07, 6.45) is 1.87. The third-order valence-corrected chi connectivity index (χ3v) is 6.17. The maximum Gasteiger partial charge on any atom is 0.310 e. The van der Waals surface area contributed by atoms with Gasteiger partial charge in [-0.2, -0.15) is 0 Å². The summed E-state index contributed by atoms with van der Waals surface area (Å²) in [6.45, 7) is 2.27. The lowest BCUT2D eigenvalue weighted by molar-refractivity contribution is 0.421. The van der Waals surface area contributed by atoms with Gasteiger partial charge in [-0.05, 0) is 35.4 Å². The molecule has 0 radical (unpaired) electrons. The van der Waals surface area contributed by atoms with Crippen molar-refractivity contribution >= 4 is 45.2 Å². The highest BCUT2D eigenvalue weighted by molar-refractivity contribution is 7.10. The van der Waals surface area contributed by atoms with E-state index < -0.39 is 0 Å². The SMILES string of the molecule is CC1=Nc2ccccc2/C1=C/c1sc(=O)n(Cc2cccc3ccccc23)c1O. The van der Waals surface area contributed by atoms with Gasteiger partial charge in [0.2, 0.25) is 5.88 Å². The lowest BCUT2D eigenvalue weighted by atomic mass is 10.0. The lowest BCUT2D eigenvalue weighted by Gasteiger charge is -2.08. The summed E-state index contributed by atoms with van der Waals surface area (Å²) in [6, 6.07) is 22.0. The van der Waals surface area contributed by atoms with E-state index in [-0.39, 0.29) is 10.8 Å². The molecule has 1 aromatic heterocycles. The molecule has 0 saturated heterocycles. The summed E-state index contributed by atoms with van der Waals surface area (Å²) < 4.78 is 1.44. The molecule has 5 rings (SSSR count). The van der Waals surface area contributed by atoms with Crippen molar-refractivity contribution in [3.8, 4) is 5.88 Å². The Bertz CT molecular complexity index is 1370. The van der Waals surface area contributed by atoms with Gasteiger partial charge in [-0.1, -0.05) is 72.0 Å². The van der Waals surface area contributed by atoms with Crippen molar-refractivity contribution in [2.45, 2.75) is 13.5 Å². The Kier molecular flexibility index (Phi) is 4.18. The summed E-state index contributed by atoms with van der Waals surface area (Å²) in [5.74, 6) is -0.00221. The minimum absolute atomic E-state index is 0.00221. The molecule has 0 spiro atoms. The second-order valence-electron chi connectivity index (χ2n) is 7.05. The minimum atomic E-state index is -0.178. The number of rotatable bonds is 3. The van der Waals surface area contributed by atoms with Gasteiger partial charge >= 0.3 is 4.87 Å². The smallest absolute Gasteiger partial charge is 0.310 e. The average Bonchev–Trinajstić information content (AvgIpc) is 3.19. The standard InChI is InChI=1S/C24H18N2O2S/c1-15-20(19-11-4-5-12-21(19)25-15)13-22-23(27)26(24(28)29-22)14-17-9-6-8-16-7-2-3-10-18(16)17/h2-13,27H,14H2,1H3/b20-13+. The maximum atomic E-state index is 12.7. The van der Waals surface area contributed by atoms with Gasteiger partial charge in [0.1, 0.15) is 0 Å². The van der Waals surface area contributed by atoms with Crippen molar-refractivity contribution in [1.82, 2.24) is 4.57 Å². The Balaban J connectivity index is 1.57. The van der Waals surface area contributed by atoms with Crippen LogP contribution in [0.2, 0.25) is 0 Å². The molecule has 0 saturated carbocycles. The van der Waals surface area contributed by atoms with E-state index in [4.69, 9.17) is 0 Å². The number of aromatic hydroxyl groups is 1. The zero-order chi connectivity index (χ0) is 20.0. The van der Waals surface area contributed by atoms with Gasteiger partial charge in [0.15, 0.2) is 0 Å². The highest BCUT2D eigenvalue weighted by Gasteiger charge is 2.20. The molecule has 1 N–H and O–H groups in total. The van der Waals surface area contributed by atoms with Crippen LogP contribution in [0.25, 0.3) is 22.4 Å². The molecule has 1 aliphatic rings. The number of hydrogen-bond acceptors (Lipinski definition) is 4. The molecule has 0 unspecified atom stereocenters. The number of aromatic nitrogens is 1. The molecule has 4 nitrogen and oxygen atoms in total. The van der Waals surface area contributed by atoms with Crippen molar-refractivity contribution in [3.63, 3.8) is 0 Å². The Hall–Kier alpha value is -3.44. The molecule has 0 fully saturated rings. The third-order valence-electron chi connectivity index (χ3n) is 5.25. The fourth-order valence-electron chi connectivity index (χ4n) is 3.80. The van der Waals surface area contributed by atoms with Gasteiger partial charge in [-0.15, -0.1) is 0 Å². The zero-order valence-electron chi connectivity index (χ0n) is 15.8. The van der Waals surface area contributed by atoms with Crippen LogP contribution in [0.1, 0.15) is 22.9 Å². The van der Waals surface area contributed by atoms with Gasteiger partial charge in [0.25, 0.3) is 0 Å². The molecular formula is C24H18N2O2S. The van der Waals surface area contributed by atoms with E-state index in [2.05, 4.69) is 4.99 Å². The number of para-hydroxylation sites is 1. The van der Waals surface area contributed by atoms with E-state index in [0.29, 0.717) is 11.4 Å². The second-order valence-corrected chi connectivity index (χ2v) is 8.05. The van der Waals surface area contributed by atoms with Crippen molar-refractivity contribution in [3.05, 3.63) is 92.4 Å². The van der Waals surface area contributed by atoms with Gasteiger partial charge < -0.3 is 5.11 Å². The molecule has 5 heteroatoms. The van der Waals surface area contributed by atoms with Crippen LogP contribution in [0.4, 0.5) is 5.69 Å². The first-order valence-electron chi connectivity index (χ1n) is 9.38. The molecule has 1 aliphatic heterocycles. The average molecular weight is 398 g/mol. The van der Waals surface area contributed by atoms with Crippen LogP contribution in [0.5, 0.6) is 5.88 Å². The zero-order valence-corrected chi connectivity index (χ0v) is 16.6. The van der Waals surface area contributed by atoms with E-state index in [1.54, 1.807) is 0 Å². The topological polar surface area (TPSA) is 54.6 Å². The van der Waals surface area contributed by atoms with Crippen LogP contribution >= 0.6 is 11.3 Å². The maximum absolute atomic E-state index is 12.7. The predicted octanol–water partition coefficient (Wildman–Crippen LogP) is 5.46. The Morgan fingerprint density at radius 2 is 1.79 bits per heavy atom. The van der Waals surface area contributed by atoms with Crippen molar-refractivity contribution in [2.75, 3.05) is 0 Å². The number of thiazole rings is 1. The van der Waals surface area contributed by atoms with E-state index in [0.717, 1.165) is 50.2 Å². The third kappa shape index (κ3) is 3.00. The fraction of sp³-hybridized carbons (Fsp3) is 0.0833. The summed E-state index contributed by atoms with van der Waals surface area (Å²) in [4.78, 5) is 17.6.